The SMILES string of the molecule is CCOC(=O)C1CC(C)CCN1C(=O)[C@H](CCCNc1ncc[nH]1)N(C)S(=O)(=O)c1cccc2c1NCCC2. The third-order valence-corrected chi connectivity index (χ3v) is 9.48. The number of sulfonamides is 1. The molecule has 3 atom stereocenters. The van der Waals surface area contributed by atoms with Crippen molar-refractivity contribution >= 4 is 33.5 Å². The number of para-hydroxylation sites is 1. The van der Waals surface area contributed by atoms with E-state index < -0.39 is 28.1 Å². The van der Waals surface area contributed by atoms with Gasteiger partial charge in [0.2, 0.25) is 15.9 Å². The maximum absolute atomic E-state index is 14.1. The van der Waals surface area contributed by atoms with E-state index >= 15 is 0 Å². The molecule has 0 aliphatic carbocycles. The molecule has 1 amide bonds. The van der Waals surface area contributed by atoms with E-state index in [2.05, 4.69) is 20.6 Å². The summed E-state index contributed by atoms with van der Waals surface area (Å²) in [7, 11) is -2.57. The number of likely N-dealkylation sites (tertiary alicyclic amines) is 1. The zero-order chi connectivity index (χ0) is 28.0. The predicted molar refractivity (Wildman–Crippen MR) is 149 cm³/mol. The molecule has 1 aromatic carbocycles. The van der Waals surface area contributed by atoms with Crippen LogP contribution in [0.4, 0.5) is 11.6 Å². The molecule has 2 aromatic rings. The van der Waals surface area contributed by atoms with E-state index in [4.69, 9.17) is 4.74 Å². The Hall–Kier alpha value is -3.12. The topological polar surface area (TPSA) is 137 Å². The van der Waals surface area contributed by atoms with Gasteiger partial charge in [0.05, 0.1) is 12.3 Å². The number of hydrogen-bond donors (Lipinski definition) is 3. The van der Waals surface area contributed by atoms with Gasteiger partial charge in [-0.25, -0.2) is 18.2 Å². The molecular formula is C27H40N6O5S. The number of H-pyrrole nitrogens is 1. The monoisotopic (exact) mass is 560 g/mol. The number of ether oxygens (including phenoxy) is 1. The molecule has 12 heteroatoms. The van der Waals surface area contributed by atoms with Crippen LogP contribution in [-0.2, 0) is 30.8 Å². The standard InChI is InChI=1S/C27H40N6O5S/c1-4-38-26(35)22-18-19(2)12-17-33(22)25(34)21(10-7-14-29-27-30-15-16-31-27)32(3)39(36,37)23-11-5-8-20-9-6-13-28-24(20)23/h5,8,11,15-16,19,21-22,28H,4,6-7,9-10,12-14,17-18H2,1-3H3,(H2,29,30,31)/t19?,21-,22?/m0/s1. The number of imidazole rings is 1. The van der Waals surface area contributed by atoms with E-state index in [1.54, 1.807) is 31.5 Å². The first-order chi connectivity index (χ1) is 18.7. The second kappa shape index (κ2) is 12.8. The van der Waals surface area contributed by atoms with Crippen LogP contribution in [0.5, 0.6) is 0 Å². The van der Waals surface area contributed by atoms with Crippen LogP contribution in [0.1, 0.15) is 51.5 Å². The fraction of sp³-hybridized carbons (Fsp3) is 0.593. The Morgan fingerprint density at radius 1 is 1.33 bits per heavy atom. The lowest BCUT2D eigenvalue weighted by Crippen LogP contribution is -2.57. The highest BCUT2D eigenvalue weighted by Crippen LogP contribution is 2.33. The highest BCUT2D eigenvalue weighted by Gasteiger charge is 2.42. The number of likely N-dealkylation sites (N-methyl/N-ethyl adjacent to an activating group) is 1. The number of rotatable bonds is 11. The molecule has 1 saturated heterocycles. The van der Waals surface area contributed by atoms with Gasteiger partial charge in [-0.1, -0.05) is 19.1 Å². The zero-order valence-electron chi connectivity index (χ0n) is 23.0. The molecule has 0 bridgehead atoms. The number of esters is 1. The molecule has 214 valence electrons. The number of nitrogens with zero attached hydrogens (tertiary/aromatic N) is 3. The van der Waals surface area contributed by atoms with E-state index in [-0.39, 0.29) is 29.7 Å². The molecule has 3 N–H and O–H groups in total. The molecular weight excluding hydrogens is 520 g/mol. The van der Waals surface area contributed by atoms with Gasteiger partial charge in [-0.2, -0.15) is 4.31 Å². The summed E-state index contributed by atoms with van der Waals surface area (Å²) in [5.41, 5.74) is 1.56. The molecule has 0 spiro atoms. The minimum absolute atomic E-state index is 0.169. The summed E-state index contributed by atoms with van der Waals surface area (Å²) in [6.45, 7) is 5.56. The van der Waals surface area contributed by atoms with Crippen LogP contribution >= 0.6 is 0 Å². The van der Waals surface area contributed by atoms with Gasteiger partial charge in [-0.3, -0.25) is 4.79 Å². The number of fused-ring (bicyclic) bond motifs is 1. The molecule has 3 heterocycles. The fourth-order valence-electron chi connectivity index (χ4n) is 5.40. The van der Waals surface area contributed by atoms with Gasteiger partial charge in [0.1, 0.15) is 17.0 Å². The van der Waals surface area contributed by atoms with Gasteiger partial charge in [-0.05, 0) is 63.0 Å². The van der Waals surface area contributed by atoms with Crippen molar-refractivity contribution in [1.29, 1.82) is 0 Å². The first-order valence-electron chi connectivity index (χ1n) is 13.8. The molecule has 0 saturated carbocycles. The van der Waals surface area contributed by atoms with Gasteiger partial charge in [0.25, 0.3) is 0 Å². The Morgan fingerprint density at radius 2 is 2.15 bits per heavy atom. The largest absolute Gasteiger partial charge is 0.464 e. The summed E-state index contributed by atoms with van der Waals surface area (Å²) >= 11 is 0. The number of nitrogens with one attached hydrogen (secondary N) is 3. The van der Waals surface area contributed by atoms with Crippen LogP contribution in [0.2, 0.25) is 0 Å². The number of carbonyl (C=O) groups excluding carboxylic acids is 2. The van der Waals surface area contributed by atoms with E-state index in [9.17, 15) is 18.0 Å². The maximum atomic E-state index is 14.1. The Bertz CT molecular complexity index is 1240. The van der Waals surface area contributed by atoms with Crippen molar-refractivity contribution in [3.63, 3.8) is 0 Å². The average Bonchev–Trinajstić information content (AvgIpc) is 3.46. The quantitative estimate of drug-likeness (QED) is 0.282. The second-order valence-corrected chi connectivity index (χ2v) is 12.3. The molecule has 1 fully saturated rings. The summed E-state index contributed by atoms with van der Waals surface area (Å²) in [5.74, 6) is 0.0419. The van der Waals surface area contributed by atoms with Crippen LogP contribution in [0.3, 0.4) is 0 Å². The molecule has 1 aromatic heterocycles. The van der Waals surface area contributed by atoms with Crippen LogP contribution < -0.4 is 10.6 Å². The highest BCUT2D eigenvalue weighted by atomic mass is 32.2. The van der Waals surface area contributed by atoms with Crippen LogP contribution in [0, 0.1) is 5.92 Å². The highest BCUT2D eigenvalue weighted by molar-refractivity contribution is 7.89. The first kappa shape index (κ1) is 28.9. The van der Waals surface area contributed by atoms with Crippen molar-refractivity contribution in [3.8, 4) is 0 Å². The molecule has 0 radical (unpaired) electrons. The van der Waals surface area contributed by atoms with Crippen molar-refractivity contribution in [1.82, 2.24) is 19.2 Å². The summed E-state index contributed by atoms with van der Waals surface area (Å²) in [5, 5.41) is 6.40. The number of anilines is 2. The molecule has 2 unspecified atom stereocenters. The molecule has 4 rings (SSSR count). The van der Waals surface area contributed by atoms with E-state index in [1.807, 2.05) is 13.0 Å². The molecule has 39 heavy (non-hydrogen) atoms. The van der Waals surface area contributed by atoms with Crippen molar-refractivity contribution < 1.29 is 22.7 Å². The third kappa shape index (κ3) is 6.55. The van der Waals surface area contributed by atoms with Crippen LogP contribution in [0.15, 0.2) is 35.5 Å². The van der Waals surface area contributed by atoms with Gasteiger partial charge >= 0.3 is 5.97 Å². The Labute approximate surface area is 230 Å². The number of amides is 1. The van der Waals surface area contributed by atoms with Crippen LogP contribution in [0.25, 0.3) is 0 Å². The number of aryl methyl sites for hydroxylation is 1. The van der Waals surface area contributed by atoms with Crippen molar-refractivity contribution in [2.75, 3.05) is 43.9 Å². The Kier molecular flexibility index (Phi) is 9.49. The smallest absolute Gasteiger partial charge is 0.328 e. The van der Waals surface area contributed by atoms with E-state index in [1.165, 1.54) is 16.3 Å². The van der Waals surface area contributed by atoms with Gasteiger partial charge in [0.15, 0.2) is 5.95 Å². The number of aromatic nitrogens is 2. The van der Waals surface area contributed by atoms with Gasteiger partial charge in [0, 0.05) is 39.1 Å². The van der Waals surface area contributed by atoms with E-state index in [0.717, 1.165) is 24.8 Å². The first-order valence-corrected chi connectivity index (χ1v) is 15.2. The number of piperidine rings is 1. The lowest BCUT2D eigenvalue weighted by molar-refractivity contribution is -0.159. The minimum Gasteiger partial charge on any atom is -0.464 e. The Balaban J connectivity index is 1.61. The average molecular weight is 561 g/mol. The molecule has 2 aliphatic heterocycles. The lowest BCUT2D eigenvalue weighted by Gasteiger charge is -2.40. The second-order valence-electron chi connectivity index (χ2n) is 10.3. The van der Waals surface area contributed by atoms with Crippen molar-refractivity contribution in [2.24, 2.45) is 5.92 Å². The number of benzene rings is 1. The van der Waals surface area contributed by atoms with Crippen molar-refractivity contribution in [2.45, 2.75) is 69.4 Å². The zero-order valence-corrected chi connectivity index (χ0v) is 23.8. The fourth-order valence-corrected chi connectivity index (χ4v) is 6.95. The summed E-state index contributed by atoms with van der Waals surface area (Å²) < 4.78 is 34.5. The minimum atomic E-state index is -4.03. The van der Waals surface area contributed by atoms with Gasteiger partial charge < -0.3 is 25.3 Å². The maximum Gasteiger partial charge on any atom is 0.328 e. The summed E-state index contributed by atoms with van der Waals surface area (Å²) in [6.07, 6.45) is 7.07. The van der Waals surface area contributed by atoms with Crippen LogP contribution in [-0.4, -0.2) is 84.8 Å². The number of aromatic amines is 1. The predicted octanol–water partition coefficient (Wildman–Crippen LogP) is 2.84. The molecule has 2 aliphatic rings. The summed E-state index contributed by atoms with van der Waals surface area (Å²) in [4.78, 5) is 35.8. The van der Waals surface area contributed by atoms with Gasteiger partial charge in [-0.15, -0.1) is 0 Å². The van der Waals surface area contributed by atoms with E-state index in [0.29, 0.717) is 44.1 Å². The Morgan fingerprint density at radius 3 is 2.90 bits per heavy atom. The number of carbonyl (C=O) groups is 2. The molecule has 11 nitrogen and oxygen atoms in total. The number of hydrogen-bond acceptors (Lipinski definition) is 8. The van der Waals surface area contributed by atoms with Crippen molar-refractivity contribution in [3.05, 3.63) is 36.2 Å². The third-order valence-electron chi connectivity index (χ3n) is 7.57. The normalized spacial score (nSPS) is 20.2. The lowest BCUT2D eigenvalue weighted by atomic mass is 9.91. The summed E-state index contributed by atoms with van der Waals surface area (Å²) in [6, 6.07) is 3.56.